The summed E-state index contributed by atoms with van der Waals surface area (Å²) in [5, 5.41) is 4.55. The maximum Gasteiger partial charge on any atom is 0.410 e. The molecule has 8 nitrogen and oxygen atoms in total. The van der Waals surface area contributed by atoms with Gasteiger partial charge in [-0.3, -0.25) is 9.69 Å². The predicted molar refractivity (Wildman–Crippen MR) is 154 cm³/mol. The van der Waals surface area contributed by atoms with Crippen LogP contribution >= 0.6 is 0 Å². The summed E-state index contributed by atoms with van der Waals surface area (Å²) in [7, 11) is -3.63. The summed E-state index contributed by atoms with van der Waals surface area (Å²) in [4.78, 5) is 28.1. The average molecular weight is 568 g/mol. The quantitative estimate of drug-likeness (QED) is 0.506. The molecule has 3 aliphatic heterocycles. The first-order chi connectivity index (χ1) is 19.0. The molecule has 5 aliphatic rings. The fourth-order valence-corrected chi connectivity index (χ4v) is 9.42. The highest BCUT2D eigenvalue weighted by atomic mass is 32.2. The first-order valence-corrected chi connectivity index (χ1v) is 16.3. The first kappa shape index (κ1) is 27.5. The predicted octanol–water partition coefficient (Wildman–Crippen LogP) is 5.77. The molecule has 2 aromatic carbocycles. The lowest BCUT2D eigenvalue weighted by Gasteiger charge is -2.38. The minimum absolute atomic E-state index is 0.103. The van der Waals surface area contributed by atoms with Gasteiger partial charge >= 0.3 is 6.09 Å². The highest BCUT2D eigenvalue weighted by Crippen LogP contribution is 2.48. The Hall–Kier alpha value is -2.65. The molecule has 1 N–H and O–H groups in total. The van der Waals surface area contributed by atoms with Gasteiger partial charge in [-0.15, -0.1) is 0 Å². The van der Waals surface area contributed by atoms with Gasteiger partial charge in [0.2, 0.25) is 15.9 Å². The monoisotopic (exact) mass is 567 g/mol. The number of rotatable bonds is 4. The van der Waals surface area contributed by atoms with E-state index >= 15 is 0 Å². The number of carbonyl (C=O) groups excluding carboxylic acids is 2. The van der Waals surface area contributed by atoms with E-state index in [2.05, 4.69) is 5.32 Å². The minimum atomic E-state index is -3.63. The van der Waals surface area contributed by atoms with Gasteiger partial charge in [0.05, 0.1) is 4.90 Å². The van der Waals surface area contributed by atoms with Crippen LogP contribution in [-0.2, 0) is 19.6 Å². The van der Waals surface area contributed by atoms with Crippen LogP contribution in [0.3, 0.4) is 0 Å². The number of carbonyl (C=O) groups is 2. The van der Waals surface area contributed by atoms with Gasteiger partial charge in [-0.05, 0) is 113 Å². The molecule has 216 valence electrons. The van der Waals surface area contributed by atoms with E-state index in [4.69, 9.17) is 4.74 Å². The molecule has 3 saturated heterocycles. The molecule has 2 aromatic rings. The van der Waals surface area contributed by atoms with Crippen molar-refractivity contribution in [1.82, 2.24) is 9.21 Å². The number of benzene rings is 2. The van der Waals surface area contributed by atoms with Gasteiger partial charge in [-0.1, -0.05) is 18.2 Å². The van der Waals surface area contributed by atoms with Crippen LogP contribution < -0.4 is 5.32 Å². The Kier molecular flexibility index (Phi) is 7.10. The molecular weight excluding hydrogens is 526 g/mol. The van der Waals surface area contributed by atoms with Crippen molar-refractivity contribution < 1.29 is 22.7 Å². The van der Waals surface area contributed by atoms with Crippen LogP contribution in [-0.4, -0.2) is 60.4 Å². The second-order valence-corrected chi connectivity index (χ2v) is 15.3. The lowest BCUT2D eigenvalue weighted by Crippen LogP contribution is -2.51. The molecular formula is C31H41N3O5S. The fourth-order valence-electron chi connectivity index (χ4n) is 7.66. The maximum atomic E-state index is 13.9. The van der Waals surface area contributed by atoms with Crippen molar-refractivity contribution in [3.63, 3.8) is 0 Å². The van der Waals surface area contributed by atoms with Gasteiger partial charge in [0, 0.05) is 30.2 Å². The minimum Gasteiger partial charge on any atom is -0.444 e. The molecule has 4 bridgehead atoms. The molecule has 3 unspecified atom stereocenters. The lowest BCUT2D eigenvalue weighted by molar-refractivity contribution is -0.122. The summed E-state index contributed by atoms with van der Waals surface area (Å²) in [5.74, 6) is 1.54. The smallest absolute Gasteiger partial charge is 0.410 e. The van der Waals surface area contributed by atoms with E-state index in [1.165, 1.54) is 11.3 Å². The molecule has 2 amide bonds. The van der Waals surface area contributed by atoms with Crippen molar-refractivity contribution in [2.24, 2.45) is 17.8 Å². The third kappa shape index (κ3) is 5.34. The number of nitrogens with one attached hydrogen (secondary N) is 1. The van der Waals surface area contributed by atoms with Crippen LogP contribution in [0.1, 0.15) is 72.1 Å². The summed E-state index contributed by atoms with van der Waals surface area (Å²) in [6.45, 7) is 6.55. The van der Waals surface area contributed by atoms with Gasteiger partial charge < -0.3 is 10.1 Å². The summed E-state index contributed by atoms with van der Waals surface area (Å²) in [6, 6.07) is 10.2. The largest absolute Gasteiger partial charge is 0.444 e. The first-order valence-electron chi connectivity index (χ1n) is 14.8. The number of fused-ring (bicyclic) bond motifs is 2. The zero-order valence-electron chi connectivity index (χ0n) is 23.8. The average Bonchev–Trinajstić information content (AvgIpc) is 3.10. The van der Waals surface area contributed by atoms with E-state index in [0.717, 1.165) is 49.3 Å². The van der Waals surface area contributed by atoms with Crippen molar-refractivity contribution in [2.75, 3.05) is 18.4 Å². The molecule has 2 saturated carbocycles. The molecule has 3 atom stereocenters. The van der Waals surface area contributed by atoms with Crippen LogP contribution in [0.2, 0.25) is 0 Å². The number of amides is 2. The molecule has 0 aromatic heterocycles. The highest BCUT2D eigenvalue weighted by molar-refractivity contribution is 7.89. The van der Waals surface area contributed by atoms with Crippen LogP contribution in [0.25, 0.3) is 10.8 Å². The topological polar surface area (TPSA) is 96.0 Å². The number of piperidine rings is 1. The Morgan fingerprint density at radius 1 is 0.950 bits per heavy atom. The van der Waals surface area contributed by atoms with Gasteiger partial charge in [0.15, 0.2) is 0 Å². The summed E-state index contributed by atoms with van der Waals surface area (Å²) < 4.78 is 35.2. The van der Waals surface area contributed by atoms with Gasteiger partial charge in [-0.25, -0.2) is 13.2 Å². The van der Waals surface area contributed by atoms with Crippen LogP contribution in [0.4, 0.5) is 10.5 Å². The fraction of sp³-hybridized carbons (Fsp3) is 0.613. The summed E-state index contributed by atoms with van der Waals surface area (Å²) in [5.41, 5.74) is -0.0396. The lowest BCUT2D eigenvalue weighted by atomic mass is 9.68. The van der Waals surface area contributed by atoms with Crippen LogP contribution in [0, 0.1) is 17.8 Å². The van der Waals surface area contributed by atoms with Gasteiger partial charge in [0.25, 0.3) is 0 Å². The number of likely N-dealkylation sites (tertiary alicyclic amines) is 1. The van der Waals surface area contributed by atoms with E-state index in [1.54, 1.807) is 22.5 Å². The van der Waals surface area contributed by atoms with Crippen molar-refractivity contribution in [3.05, 3.63) is 36.4 Å². The number of ether oxygens (including phenoxy) is 1. The maximum absolute atomic E-state index is 13.9. The van der Waals surface area contributed by atoms with E-state index in [-0.39, 0.29) is 11.9 Å². The molecule has 40 heavy (non-hydrogen) atoms. The summed E-state index contributed by atoms with van der Waals surface area (Å²) in [6.07, 6.45) is 7.32. The van der Waals surface area contributed by atoms with E-state index < -0.39 is 27.8 Å². The SMILES string of the molecule is CC(C)(C)OC(=O)N1CCCCC1C(=O)Nc1cccc2cc(S(=O)(=O)N3CC4CC5CC(C4)CC3C5)ccc12. The number of anilines is 1. The second-order valence-electron chi connectivity index (χ2n) is 13.4. The molecule has 5 fully saturated rings. The molecule has 2 aliphatic carbocycles. The Morgan fingerprint density at radius 2 is 1.68 bits per heavy atom. The van der Waals surface area contributed by atoms with Crippen LogP contribution in [0.15, 0.2) is 41.3 Å². The Morgan fingerprint density at radius 3 is 2.40 bits per heavy atom. The molecule has 9 heteroatoms. The zero-order valence-corrected chi connectivity index (χ0v) is 24.6. The number of sulfonamides is 1. The normalized spacial score (nSPS) is 28.9. The van der Waals surface area contributed by atoms with E-state index in [1.807, 2.05) is 39.0 Å². The van der Waals surface area contributed by atoms with Gasteiger partial charge in [-0.2, -0.15) is 4.31 Å². The number of nitrogens with zero attached hydrogens (tertiary/aromatic N) is 2. The van der Waals surface area contributed by atoms with E-state index in [0.29, 0.717) is 47.8 Å². The highest BCUT2D eigenvalue weighted by Gasteiger charge is 2.46. The van der Waals surface area contributed by atoms with Crippen molar-refractivity contribution in [2.45, 2.75) is 94.7 Å². The third-order valence-corrected chi connectivity index (χ3v) is 11.1. The van der Waals surface area contributed by atoms with Crippen molar-refractivity contribution in [3.8, 4) is 0 Å². The second kappa shape index (κ2) is 10.3. The number of hydrogen-bond donors (Lipinski definition) is 1. The Labute approximate surface area is 237 Å². The zero-order chi connectivity index (χ0) is 28.2. The Balaban J connectivity index is 1.23. The van der Waals surface area contributed by atoms with Gasteiger partial charge in [0.1, 0.15) is 11.6 Å². The third-order valence-electron chi connectivity index (χ3n) is 9.21. The van der Waals surface area contributed by atoms with Crippen molar-refractivity contribution in [1.29, 1.82) is 0 Å². The molecule has 0 radical (unpaired) electrons. The number of hydrogen-bond acceptors (Lipinski definition) is 5. The van der Waals surface area contributed by atoms with Crippen molar-refractivity contribution >= 4 is 38.5 Å². The standard InChI is InChI=1S/C31H41N3O5S/c1-31(2,3)39-30(36)33-12-5-4-9-28(33)29(35)32-27-8-6-7-23-18-25(10-11-26(23)27)40(37,38)34-19-22-14-20-13-21(15-22)17-24(34)16-20/h6-8,10-11,18,20-22,24,28H,4-5,9,12-17,19H2,1-3H3,(H,32,35). The van der Waals surface area contributed by atoms with E-state index in [9.17, 15) is 18.0 Å². The molecule has 0 spiro atoms. The Bertz CT molecular complexity index is 1400. The summed E-state index contributed by atoms with van der Waals surface area (Å²) >= 11 is 0. The molecule has 7 rings (SSSR count). The van der Waals surface area contributed by atoms with Crippen LogP contribution in [0.5, 0.6) is 0 Å². The molecule has 3 heterocycles.